The van der Waals surface area contributed by atoms with Crippen molar-refractivity contribution in [2.75, 3.05) is 19.3 Å². The lowest BCUT2D eigenvalue weighted by Gasteiger charge is -2.23. The van der Waals surface area contributed by atoms with Gasteiger partial charge in [0.05, 0.1) is 16.5 Å². The average molecular weight is 495 g/mol. The molecule has 1 amide bonds. The van der Waals surface area contributed by atoms with Crippen molar-refractivity contribution in [3.05, 3.63) is 95.6 Å². The van der Waals surface area contributed by atoms with Gasteiger partial charge in [0.1, 0.15) is 0 Å². The van der Waals surface area contributed by atoms with Crippen LogP contribution in [0, 0.1) is 0 Å². The number of nitrogens with one attached hydrogen (secondary N) is 1. The Hall–Kier alpha value is -2.61. The molecule has 5 nitrogen and oxygen atoms in total. The van der Waals surface area contributed by atoms with Gasteiger partial charge in [-0.15, -0.1) is 11.8 Å². The van der Waals surface area contributed by atoms with Gasteiger partial charge in [0.15, 0.2) is 0 Å². The fraction of sp³-hybridized carbons (Fsp3) is 0.296. The summed E-state index contributed by atoms with van der Waals surface area (Å²) in [4.78, 5) is 16.1. The van der Waals surface area contributed by atoms with Crippen molar-refractivity contribution in [2.24, 2.45) is 0 Å². The summed E-state index contributed by atoms with van der Waals surface area (Å²) < 4.78 is 30.0. The molecule has 3 aromatic rings. The number of hydrogen-bond acceptors (Lipinski definition) is 4. The van der Waals surface area contributed by atoms with Crippen LogP contribution in [0.15, 0.2) is 88.7 Å². The maximum Gasteiger partial charge on any atom is 0.255 e. The van der Waals surface area contributed by atoms with Gasteiger partial charge in [-0.25, -0.2) is 8.42 Å². The van der Waals surface area contributed by atoms with Crippen molar-refractivity contribution in [3.63, 3.8) is 0 Å². The zero-order valence-corrected chi connectivity index (χ0v) is 20.9. The van der Waals surface area contributed by atoms with Gasteiger partial charge in [0.2, 0.25) is 10.0 Å². The molecule has 0 saturated carbocycles. The van der Waals surface area contributed by atoms with Crippen molar-refractivity contribution >= 4 is 27.7 Å². The quantitative estimate of drug-likeness (QED) is 0.441. The highest BCUT2D eigenvalue weighted by Gasteiger charge is 2.26. The van der Waals surface area contributed by atoms with E-state index in [4.69, 9.17) is 0 Å². The summed E-state index contributed by atoms with van der Waals surface area (Å²) in [7, 11) is -3.90. The third kappa shape index (κ3) is 5.71. The van der Waals surface area contributed by atoms with Crippen LogP contribution in [0.3, 0.4) is 0 Å². The van der Waals surface area contributed by atoms with E-state index in [0.717, 1.165) is 41.7 Å². The van der Waals surface area contributed by atoms with Crippen molar-refractivity contribution in [1.29, 1.82) is 0 Å². The van der Waals surface area contributed by atoms with Gasteiger partial charge in [-0.05, 0) is 48.4 Å². The van der Waals surface area contributed by atoms with E-state index in [-0.39, 0.29) is 10.8 Å². The molecule has 1 N–H and O–H groups in total. The third-order valence-electron chi connectivity index (χ3n) is 6.14. The second-order valence-corrected chi connectivity index (χ2v) is 11.0. The fourth-order valence-electron chi connectivity index (χ4n) is 4.31. The molecule has 0 spiro atoms. The van der Waals surface area contributed by atoms with Crippen LogP contribution in [0.2, 0.25) is 0 Å². The summed E-state index contributed by atoms with van der Waals surface area (Å²) in [5.74, 6) is -0.0917. The Bertz CT molecular complexity index is 1170. The Morgan fingerprint density at radius 2 is 1.41 bits per heavy atom. The SMILES string of the molecule is CSc1ccc(S(=O)(=O)NC(c2ccccc2)c2ccccc2)cc1C(=O)N1CCCCCC1. The van der Waals surface area contributed by atoms with E-state index in [9.17, 15) is 13.2 Å². The fourth-order valence-corrected chi connectivity index (χ4v) is 6.12. The van der Waals surface area contributed by atoms with Gasteiger partial charge < -0.3 is 4.90 Å². The minimum absolute atomic E-state index is 0.0917. The number of rotatable bonds is 7. The van der Waals surface area contributed by atoms with Crippen LogP contribution in [-0.4, -0.2) is 38.6 Å². The molecule has 4 rings (SSSR count). The molecule has 1 heterocycles. The van der Waals surface area contributed by atoms with E-state index in [1.807, 2.05) is 71.8 Å². The second-order valence-electron chi connectivity index (χ2n) is 8.44. The highest BCUT2D eigenvalue weighted by molar-refractivity contribution is 7.98. The number of carbonyl (C=O) groups excluding carboxylic acids is 1. The van der Waals surface area contributed by atoms with Crippen LogP contribution < -0.4 is 4.72 Å². The zero-order chi connectivity index (χ0) is 24.0. The van der Waals surface area contributed by atoms with Crippen molar-refractivity contribution < 1.29 is 13.2 Å². The maximum atomic E-state index is 13.6. The van der Waals surface area contributed by atoms with Crippen LogP contribution in [0.1, 0.15) is 53.2 Å². The van der Waals surface area contributed by atoms with Crippen LogP contribution >= 0.6 is 11.8 Å². The molecule has 0 radical (unpaired) electrons. The standard InChI is InChI=1S/C27H30N2O3S2/c1-33-25-17-16-23(20-24(25)27(30)29-18-10-2-3-11-19-29)34(31,32)28-26(21-12-6-4-7-13-21)22-14-8-5-9-15-22/h4-9,12-17,20,26,28H,2-3,10-11,18-19H2,1H3. The molecule has 0 atom stereocenters. The summed E-state index contributed by atoms with van der Waals surface area (Å²) in [5.41, 5.74) is 2.14. The summed E-state index contributed by atoms with van der Waals surface area (Å²) in [5, 5.41) is 0. The molecule has 7 heteroatoms. The van der Waals surface area contributed by atoms with Crippen LogP contribution in [-0.2, 0) is 10.0 Å². The molecule has 0 unspecified atom stereocenters. The Morgan fingerprint density at radius 1 is 0.853 bits per heavy atom. The van der Waals surface area contributed by atoms with Crippen molar-refractivity contribution in [2.45, 2.75) is 41.5 Å². The van der Waals surface area contributed by atoms with Crippen molar-refractivity contribution in [3.8, 4) is 0 Å². The van der Waals surface area contributed by atoms with E-state index >= 15 is 0 Å². The number of hydrogen-bond donors (Lipinski definition) is 1. The lowest BCUT2D eigenvalue weighted by atomic mass is 10.00. The van der Waals surface area contributed by atoms with E-state index in [1.165, 1.54) is 17.8 Å². The van der Waals surface area contributed by atoms with Gasteiger partial charge in [-0.3, -0.25) is 4.79 Å². The molecule has 1 aliphatic rings. The first-order chi connectivity index (χ1) is 16.5. The molecular weight excluding hydrogens is 464 g/mol. The minimum Gasteiger partial charge on any atom is -0.339 e. The summed E-state index contributed by atoms with van der Waals surface area (Å²) in [6.07, 6.45) is 6.11. The number of benzene rings is 3. The van der Waals surface area contributed by atoms with Crippen LogP contribution in [0.25, 0.3) is 0 Å². The van der Waals surface area contributed by atoms with Crippen molar-refractivity contribution in [1.82, 2.24) is 9.62 Å². The third-order valence-corrected chi connectivity index (χ3v) is 8.36. The molecule has 0 aromatic heterocycles. The Balaban J connectivity index is 1.68. The average Bonchev–Trinajstić information content (AvgIpc) is 3.17. The van der Waals surface area contributed by atoms with E-state index in [0.29, 0.717) is 18.7 Å². The lowest BCUT2D eigenvalue weighted by molar-refractivity contribution is 0.0758. The largest absolute Gasteiger partial charge is 0.339 e. The van der Waals surface area contributed by atoms with Crippen LogP contribution in [0.4, 0.5) is 0 Å². The number of sulfonamides is 1. The normalized spacial score (nSPS) is 14.7. The predicted octanol–water partition coefficient (Wildman–Crippen LogP) is 5.49. The number of likely N-dealkylation sites (tertiary alicyclic amines) is 1. The topological polar surface area (TPSA) is 66.5 Å². The first kappa shape index (κ1) is 24.5. The Labute approximate surface area is 206 Å². The summed E-state index contributed by atoms with van der Waals surface area (Å²) >= 11 is 1.46. The monoisotopic (exact) mass is 494 g/mol. The van der Waals surface area contributed by atoms with E-state index in [2.05, 4.69) is 4.72 Å². The molecule has 3 aromatic carbocycles. The minimum atomic E-state index is -3.90. The molecule has 0 aliphatic carbocycles. The Morgan fingerprint density at radius 3 is 1.94 bits per heavy atom. The van der Waals surface area contributed by atoms with E-state index < -0.39 is 16.1 Å². The zero-order valence-electron chi connectivity index (χ0n) is 19.3. The number of amides is 1. The predicted molar refractivity (Wildman–Crippen MR) is 138 cm³/mol. The van der Waals surface area contributed by atoms with E-state index in [1.54, 1.807) is 12.1 Å². The molecule has 1 saturated heterocycles. The number of carbonyl (C=O) groups is 1. The highest BCUT2D eigenvalue weighted by Crippen LogP contribution is 2.28. The highest BCUT2D eigenvalue weighted by atomic mass is 32.2. The first-order valence-electron chi connectivity index (χ1n) is 11.6. The summed E-state index contributed by atoms with van der Waals surface area (Å²) in [6.45, 7) is 1.43. The first-order valence-corrected chi connectivity index (χ1v) is 14.3. The number of thioether (sulfide) groups is 1. The molecule has 34 heavy (non-hydrogen) atoms. The van der Waals surface area contributed by atoms with Gasteiger partial charge in [-0.1, -0.05) is 73.5 Å². The number of nitrogens with zero attached hydrogens (tertiary/aromatic N) is 1. The van der Waals surface area contributed by atoms with Gasteiger partial charge >= 0.3 is 0 Å². The molecule has 178 valence electrons. The molecule has 1 aliphatic heterocycles. The summed E-state index contributed by atoms with van der Waals surface area (Å²) in [6, 6.07) is 23.3. The Kier molecular flexibility index (Phi) is 8.08. The van der Waals surface area contributed by atoms with Gasteiger partial charge in [-0.2, -0.15) is 4.72 Å². The molecule has 1 fully saturated rings. The van der Waals surface area contributed by atoms with Gasteiger partial charge in [0.25, 0.3) is 5.91 Å². The van der Waals surface area contributed by atoms with Gasteiger partial charge in [0, 0.05) is 18.0 Å². The van der Waals surface area contributed by atoms with Crippen LogP contribution in [0.5, 0.6) is 0 Å². The maximum absolute atomic E-state index is 13.6. The smallest absolute Gasteiger partial charge is 0.255 e. The second kappa shape index (κ2) is 11.2. The lowest BCUT2D eigenvalue weighted by Crippen LogP contribution is -2.33. The molecule has 0 bridgehead atoms. The molecular formula is C27H30N2O3S2.